The normalized spacial score (nSPS) is 18.8. The number of anilines is 1. The van der Waals surface area contributed by atoms with Gasteiger partial charge in [0.15, 0.2) is 0 Å². The van der Waals surface area contributed by atoms with E-state index in [0.29, 0.717) is 0 Å². The minimum Gasteiger partial charge on any atom is -0.373 e. The van der Waals surface area contributed by atoms with Crippen LogP contribution in [-0.4, -0.2) is 43.1 Å². The SMILES string of the molecule is C=CNC(Cl)/C=C(\C)CN1CC(C)(CCN(CC)C/C=C/c2ccc(Cl)cc2)c2cc(Cl)ccc21. The molecule has 0 aliphatic carbocycles. The number of alkyl halides is 1. The van der Waals surface area contributed by atoms with Crippen LogP contribution in [0.3, 0.4) is 0 Å². The number of hydrogen-bond acceptors (Lipinski definition) is 3. The van der Waals surface area contributed by atoms with Gasteiger partial charge in [0, 0.05) is 40.8 Å². The number of hydrogen-bond donors (Lipinski definition) is 1. The van der Waals surface area contributed by atoms with E-state index in [-0.39, 0.29) is 10.9 Å². The molecule has 2 aromatic carbocycles. The number of benzene rings is 2. The van der Waals surface area contributed by atoms with Crippen LogP contribution in [0.5, 0.6) is 0 Å². The third-order valence-electron chi connectivity index (χ3n) is 6.61. The summed E-state index contributed by atoms with van der Waals surface area (Å²) in [5.74, 6) is 0. The maximum atomic E-state index is 6.44. The zero-order valence-electron chi connectivity index (χ0n) is 20.9. The van der Waals surface area contributed by atoms with Crippen molar-refractivity contribution in [1.82, 2.24) is 10.2 Å². The Hall–Kier alpha value is -1.91. The average Bonchev–Trinajstić information content (AvgIpc) is 3.08. The highest BCUT2D eigenvalue weighted by Gasteiger charge is 2.38. The van der Waals surface area contributed by atoms with Crippen molar-refractivity contribution in [2.45, 2.75) is 38.1 Å². The fourth-order valence-electron chi connectivity index (χ4n) is 4.67. The number of fused-ring (bicyclic) bond motifs is 1. The van der Waals surface area contributed by atoms with Crippen LogP contribution in [0.1, 0.15) is 38.3 Å². The molecular formula is C29H36Cl3N3. The van der Waals surface area contributed by atoms with Crippen LogP contribution < -0.4 is 10.2 Å². The number of rotatable bonds is 12. The predicted molar refractivity (Wildman–Crippen MR) is 155 cm³/mol. The minimum absolute atomic E-state index is 0.0214. The maximum Gasteiger partial charge on any atom is 0.120 e. The second-order valence-corrected chi connectivity index (χ2v) is 10.8. The number of likely N-dealkylation sites (N-methyl/N-ethyl adjacent to an activating group) is 1. The molecule has 0 fully saturated rings. The lowest BCUT2D eigenvalue weighted by Gasteiger charge is -2.30. The van der Waals surface area contributed by atoms with E-state index >= 15 is 0 Å². The van der Waals surface area contributed by atoms with E-state index < -0.39 is 0 Å². The quantitative estimate of drug-likeness (QED) is 0.171. The van der Waals surface area contributed by atoms with Crippen molar-refractivity contribution in [1.29, 1.82) is 0 Å². The van der Waals surface area contributed by atoms with Gasteiger partial charge >= 0.3 is 0 Å². The largest absolute Gasteiger partial charge is 0.373 e. The Morgan fingerprint density at radius 1 is 1.20 bits per heavy atom. The Labute approximate surface area is 226 Å². The molecule has 0 aromatic heterocycles. The summed E-state index contributed by atoms with van der Waals surface area (Å²) in [5, 5.41) is 4.57. The molecule has 188 valence electrons. The molecule has 35 heavy (non-hydrogen) atoms. The molecule has 1 heterocycles. The van der Waals surface area contributed by atoms with Gasteiger partial charge in [-0.05, 0) is 80.2 Å². The number of nitrogens with zero attached hydrogens (tertiary/aromatic N) is 2. The fraction of sp³-hybridized carbons (Fsp3) is 0.379. The molecule has 0 saturated heterocycles. The van der Waals surface area contributed by atoms with Gasteiger partial charge in [-0.1, -0.05) is 85.1 Å². The molecule has 1 N–H and O–H groups in total. The molecule has 0 bridgehead atoms. The summed E-state index contributed by atoms with van der Waals surface area (Å²) < 4.78 is 0. The molecule has 0 spiro atoms. The average molecular weight is 533 g/mol. The van der Waals surface area contributed by atoms with Gasteiger partial charge in [0.1, 0.15) is 5.50 Å². The monoisotopic (exact) mass is 531 g/mol. The first-order chi connectivity index (χ1) is 16.7. The highest BCUT2D eigenvalue weighted by atomic mass is 35.5. The van der Waals surface area contributed by atoms with E-state index in [1.54, 1.807) is 6.20 Å². The smallest absolute Gasteiger partial charge is 0.120 e. The third kappa shape index (κ3) is 7.79. The second kappa shape index (κ2) is 12.9. The molecular weight excluding hydrogens is 497 g/mol. The van der Waals surface area contributed by atoms with E-state index in [2.05, 4.69) is 66.8 Å². The van der Waals surface area contributed by atoms with Crippen LogP contribution >= 0.6 is 34.8 Å². The van der Waals surface area contributed by atoms with Crippen LogP contribution in [0.25, 0.3) is 6.08 Å². The van der Waals surface area contributed by atoms with E-state index in [1.165, 1.54) is 22.4 Å². The molecule has 6 heteroatoms. The summed E-state index contributed by atoms with van der Waals surface area (Å²) in [7, 11) is 0. The molecule has 0 saturated carbocycles. The van der Waals surface area contributed by atoms with Crippen molar-refractivity contribution in [3.8, 4) is 0 Å². The Balaban J connectivity index is 1.68. The van der Waals surface area contributed by atoms with Crippen LogP contribution in [0, 0.1) is 0 Å². The zero-order chi connectivity index (χ0) is 25.4. The summed E-state index contributed by atoms with van der Waals surface area (Å²) in [6.07, 6.45) is 9.11. The van der Waals surface area contributed by atoms with Crippen LogP contribution in [0.4, 0.5) is 5.69 Å². The first-order valence-corrected chi connectivity index (χ1v) is 13.3. The Bertz CT molecular complexity index is 1050. The Morgan fingerprint density at radius 2 is 1.91 bits per heavy atom. The van der Waals surface area contributed by atoms with Crippen molar-refractivity contribution in [3.05, 3.63) is 94.1 Å². The second-order valence-electron chi connectivity index (χ2n) is 9.46. The van der Waals surface area contributed by atoms with Crippen LogP contribution in [0.15, 0.2) is 73.0 Å². The van der Waals surface area contributed by atoms with Gasteiger partial charge < -0.3 is 10.2 Å². The Morgan fingerprint density at radius 3 is 2.60 bits per heavy atom. The van der Waals surface area contributed by atoms with Gasteiger partial charge in [-0.2, -0.15) is 0 Å². The summed E-state index contributed by atoms with van der Waals surface area (Å²) >= 11 is 18.8. The summed E-state index contributed by atoms with van der Waals surface area (Å²) in [6, 6.07) is 14.2. The van der Waals surface area contributed by atoms with Gasteiger partial charge in [-0.25, -0.2) is 0 Å². The molecule has 2 unspecified atom stereocenters. The standard InChI is InChI=1S/C29H36Cl3N3/c1-5-33-28(32)18-22(3)20-35-21-29(4,26-19-25(31)13-14-27(26)35)15-17-34(6-2)16-7-8-23-9-11-24(30)12-10-23/h5,7-14,18-19,28,33H,1,6,15-17,20-21H2,2-4H3/b8-7+,22-18+. The lowest BCUT2D eigenvalue weighted by molar-refractivity contribution is 0.280. The predicted octanol–water partition coefficient (Wildman–Crippen LogP) is 7.74. The lowest BCUT2D eigenvalue weighted by Crippen LogP contribution is -2.36. The zero-order valence-corrected chi connectivity index (χ0v) is 23.2. The van der Waals surface area contributed by atoms with Crippen molar-refractivity contribution in [2.24, 2.45) is 0 Å². The number of nitrogens with one attached hydrogen (secondary N) is 1. The van der Waals surface area contributed by atoms with Crippen molar-refractivity contribution in [3.63, 3.8) is 0 Å². The lowest BCUT2D eigenvalue weighted by atomic mass is 9.81. The van der Waals surface area contributed by atoms with E-state index in [9.17, 15) is 0 Å². The highest BCUT2D eigenvalue weighted by molar-refractivity contribution is 6.31. The minimum atomic E-state index is -0.259. The first-order valence-electron chi connectivity index (χ1n) is 12.1. The van der Waals surface area contributed by atoms with Crippen LogP contribution in [-0.2, 0) is 5.41 Å². The summed E-state index contributed by atoms with van der Waals surface area (Å²) in [4.78, 5) is 4.93. The fourth-order valence-corrected chi connectivity index (χ4v) is 5.28. The van der Waals surface area contributed by atoms with Crippen molar-refractivity contribution < 1.29 is 0 Å². The van der Waals surface area contributed by atoms with Gasteiger partial charge in [0.25, 0.3) is 0 Å². The van der Waals surface area contributed by atoms with Gasteiger partial charge in [0.2, 0.25) is 0 Å². The molecule has 2 atom stereocenters. The van der Waals surface area contributed by atoms with Crippen LogP contribution in [0.2, 0.25) is 10.0 Å². The highest BCUT2D eigenvalue weighted by Crippen LogP contribution is 2.44. The molecule has 3 nitrogen and oxygen atoms in total. The topological polar surface area (TPSA) is 18.5 Å². The summed E-state index contributed by atoms with van der Waals surface area (Å²) in [6.45, 7) is 15.1. The van der Waals surface area contributed by atoms with E-state index in [4.69, 9.17) is 34.8 Å². The molecule has 0 amide bonds. The van der Waals surface area contributed by atoms with Gasteiger partial charge in [0.05, 0.1) is 0 Å². The Kier molecular flexibility index (Phi) is 10.2. The molecule has 0 radical (unpaired) electrons. The number of halogens is 3. The third-order valence-corrected chi connectivity index (χ3v) is 7.35. The molecule has 3 rings (SSSR count). The first kappa shape index (κ1) is 27.7. The maximum absolute atomic E-state index is 6.44. The van der Waals surface area contributed by atoms with E-state index in [0.717, 1.165) is 49.2 Å². The molecule has 1 aliphatic rings. The van der Waals surface area contributed by atoms with Gasteiger partial charge in [-0.15, -0.1) is 0 Å². The molecule has 2 aromatic rings. The molecule has 1 aliphatic heterocycles. The van der Waals surface area contributed by atoms with Crippen molar-refractivity contribution in [2.75, 3.05) is 37.6 Å². The van der Waals surface area contributed by atoms with Crippen molar-refractivity contribution >= 4 is 46.6 Å². The van der Waals surface area contributed by atoms with Gasteiger partial charge in [-0.3, -0.25) is 4.90 Å². The van der Waals surface area contributed by atoms with E-state index in [1.807, 2.05) is 36.4 Å². The summed E-state index contributed by atoms with van der Waals surface area (Å²) in [5.41, 5.74) is 4.74.